The highest BCUT2D eigenvalue weighted by molar-refractivity contribution is 5.91. The van der Waals surface area contributed by atoms with Crippen molar-refractivity contribution in [3.05, 3.63) is 76.9 Å². The van der Waals surface area contributed by atoms with Gasteiger partial charge >= 0.3 is 5.97 Å². The molecule has 28 heavy (non-hydrogen) atoms. The van der Waals surface area contributed by atoms with Crippen LogP contribution in [0.25, 0.3) is 0 Å². The van der Waals surface area contributed by atoms with Gasteiger partial charge < -0.3 is 4.74 Å². The number of hydrogen-bond donors (Lipinski definition) is 0. The maximum absolute atomic E-state index is 12.4. The molecule has 0 spiro atoms. The van der Waals surface area contributed by atoms with E-state index in [0.29, 0.717) is 28.9 Å². The summed E-state index contributed by atoms with van der Waals surface area (Å²) in [6, 6.07) is 15.1. The zero-order chi connectivity index (χ0) is 19.3. The average Bonchev–Trinajstić information content (AvgIpc) is 3.03. The standard InChI is InChI=1S/C25H24O3/c1-25-14-13-20-19-10-8-18(28-24(27)16-5-3-2-4-6-16)15-17(19)7-9-21(20)22(25)11-12-23(25)26/h2-6,8-10,15,20,22H,7,11-14H2,1H3/t20?,22?,25-/m0/s1. The number of fused-ring (bicyclic) bond motifs is 5. The molecule has 0 heterocycles. The SMILES string of the molecule is C[C@]12CCC3C(=CCc4cc(OC(=O)c5ccccc5)ccc43)C1CCC2=O. The molecule has 0 N–H and O–H groups in total. The maximum Gasteiger partial charge on any atom is 0.343 e. The van der Waals surface area contributed by atoms with Crippen LogP contribution in [0.2, 0.25) is 0 Å². The van der Waals surface area contributed by atoms with Crippen molar-refractivity contribution < 1.29 is 14.3 Å². The van der Waals surface area contributed by atoms with Crippen molar-refractivity contribution in [2.45, 2.75) is 44.9 Å². The Morgan fingerprint density at radius 2 is 1.93 bits per heavy atom. The van der Waals surface area contributed by atoms with Gasteiger partial charge in [0, 0.05) is 17.8 Å². The molecular formula is C25H24O3. The summed E-state index contributed by atoms with van der Waals surface area (Å²) in [4.78, 5) is 24.8. The van der Waals surface area contributed by atoms with Crippen LogP contribution in [0.15, 0.2) is 60.2 Å². The summed E-state index contributed by atoms with van der Waals surface area (Å²) in [5, 5.41) is 0. The summed E-state index contributed by atoms with van der Waals surface area (Å²) in [6.45, 7) is 2.17. The van der Waals surface area contributed by atoms with Crippen molar-refractivity contribution in [2.24, 2.45) is 11.3 Å². The number of carbonyl (C=O) groups excluding carboxylic acids is 2. The lowest BCUT2D eigenvalue weighted by molar-refractivity contribution is -0.126. The monoisotopic (exact) mass is 372 g/mol. The fourth-order valence-corrected chi connectivity index (χ4v) is 5.53. The van der Waals surface area contributed by atoms with Gasteiger partial charge in [-0.05, 0) is 67.0 Å². The van der Waals surface area contributed by atoms with Crippen LogP contribution in [0.3, 0.4) is 0 Å². The quantitative estimate of drug-likeness (QED) is 0.411. The van der Waals surface area contributed by atoms with Gasteiger partial charge in [0.2, 0.25) is 0 Å². The van der Waals surface area contributed by atoms with Crippen LogP contribution in [0.4, 0.5) is 0 Å². The van der Waals surface area contributed by atoms with Gasteiger partial charge in [-0.25, -0.2) is 4.79 Å². The van der Waals surface area contributed by atoms with E-state index in [1.165, 1.54) is 16.7 Å². The number of Topliss-reactive ketones (excluding diaryl/α,β-unsaturated/α-hetero) is 1. The number of allylic oxidation sites excluding steroid dienone is 2. The van der Waals surface area contributed by atoms with Gasteiger partial charge in [0.15, 0.2) is 0 Å². The van der Waals surface area contributed by atoms with E-state index >= 15 is 0 Å². The molecule has 0 radical (unpaired) electrons. The zero-order valence-electron chi connectivity index (χ0n) is 16.1. The first kappa shape index (κ1) is 17.4. The fourth-order valence-electron chi connectivity index (χ4n) is 5.53. The Balaban J connectivity index is 1.40. The Kier molecular flexibility index (Phi) is 4.01. The molecule has 2 aromatic carbocycles. The molecule has 0 amide bonds. The molecule has 142 valence electrons. The van der Waals surface area contributed by atoms with Gasteiger partial charge in [0.05, 0.1) is 5.56 Å². The van der Waals surface area contributed by atoms with Crippen molar-refractivity contribution in [3.8, 4) is 5.75 Å². The summed E-state index contributed by atoms with van der Waals surface area (Å²) in [5.41, 5.74) is 4.46. The molecule has 2 unspecified atom stereocenters. The minimum Gasteiger partial charge on any atom is -0.423 e. The van der Waals surface area contributed by atoms with E-state index in [0.717, 1.165) is 32.1 Å². The summed E-state index contributed by atoms with van der Waals surface area (Å²) in [6.07, 6.45) is 6.92. The third-order valence-electron chi connectivity index (χ3n) is 7.09. The first-order valence-corrected chi connectivity index (χ1v) is 10.2. The largest absolute Gasteiger partial charge is 0.423 e. The van der Waals surface area contributed by atoms with E-state index in [-0.39, 0.29) is 11.4 Å². The topological polar surface area (TPSA) is 43.4 Å². The van der Waals surface area contributed by atoms with Crippen LogP contribution in [0, 0.1) is 11.3 Å². The van der Waals surface area contributed by atoms with E-state index < -0.39 is 0 Å². The number of esters is 1. The summed E-state index contributed by atoms with van der Waals surface area (Å²) in [5.74, 6) is 1.53. The molecular weight excluding hydrogens is 348 g/mol. The van der Waals surface area contributed by atoms with Crippen molar-refractivity contribution in [3.63, 3.8) is 0 Å². The number of ketones is 1. The maximum atomic E-state index is 12.4. The van der Waals surface area contributed by atoms with Crippen LogP contribution in [-0.2, 0) is 11.2 Å². The Labute approximate surface area is 165 Å². The Bertz CT molecular complexity index is 988. The minimum atomic E-state index is -0.328. The molecule has 3 heteroatoms. The lowest BCUT2D eigenvalue weighted by Gasteiger charge is -2.43. The van der Waals surface area contributed by atoms with Gasteiger partial charge in [-0.3, -0.25) is 4.79 Å². The summed E-state index contributed by atoms with van der Waals surface area (Å²) >= 11 is 0. The van der Waals surface area contributed by atoms with Crippen LogP contribution >= 0.6 is 0 Å². The first-order chi connectivity index (χ1) is 13.6. The number of rotatable bonds is 2. The molecule has 5 rings (SSSR count). The van der Waals surface area contributed by atoms with Gasteiger partial charge in [0.25, 0.3) is 0 Å². The number of hydrogen-bond acceptors (Lipinski definition) is 3. The van der Waals surface area contributed by atoms with Gasteiger partial charge in [-0.2, -0.15) is 0 Å². The highest BCUT2D eigenvalue weighted by Crippen LogP contribution is 2.57. The number of carbonyl (C=O) groups is 2. The van der Waals surface area contributed by atoms with Crippen molar-refractivity contribution in [1.29, 1.82) is 0 Å². The second-order valence-electron chi connectivity index (χ2n) is 8.55. The van der Waals surface area contributed by atoms with Crippen molar-refractivity contribution in [2.75, 3.05) is 0 Å². The fraction of sp³-hybridized carbons (Fsp3) is 0.360. The predicted octanol–water partition coefficient (Wildman–Crippen LogP) is 5.25. The second-order valence-corrected chi connectivity index (χ2v) is 8.55. The molecule has 0 aliphatic heterocycles. The molecule has 0 bridgehead atoms. The number of ether oxygens (including phenoxy) is 1. The lowest BCUT2D eigenvalue weighted by atomic mass is 9.60. The zero-order valence-corrected chi connectivity index (χ0v) is 16.1. The molecule has 0 saturated heterocycles. The summed E-state index contributed by atoms with van der Waals surface area (Å²) in [7, 11) is 0. The predicted molar refractivity (Wildman–Crippen MR) is 107 cm³/mol. The molecule has 3 atom stereocenters. The molecule has 2 aromatic rings. The number of benzene rings is 2. The van der Waals surface area contributed by atoms with E-state index in [2.05, 4.69) is 19.1 Å². The average molecular weight is 372 g/mol. The van der Waals surface area contributed by atoms with Crippen LogP contribution < -0.4 is 4.74 Å². The molecule has 3 aliphatic rings. The Hall–Kier alpha value is -2.68. The van der Waals surface area contributed by atoms with E-state index in [1.54, 1.807) is 12.1 Å². The molecule has 2 saturated carbocycles. The molecule has 2 fully saturated rings. The highest BCUT2D eigenvalue weighted by atomic mass is 16.5. The minimum absolute atomic E-state index is 0.148. The third-order valence-corrected chi connectivity index (χ3v) is 7.09. The van der Waals surface area contributed by atoms with Crippen LogP contribution in [-0.4, -0.2) is 11.8 Å². The highest BCUT2D eigenvalue weighted by Gasteiger charge is 2.52. The van der Waals surface area contributed by atoms with Crippen molar-refractivity contribution in [1.82, 2.24) is 0 Å². The second kappa shape index (κ2) is 6.44. The van der Waals surface area contributed by atoms with Crippen molar-refractivity contribution >= 4 is 11.8 Å². The van der Waals surface area contributed by atoms with E-state index in [1.807, 2.05) is 30.3 Å². The van der Waals surface area contributed by atoms with Crippen LogP contribution in [0.5, 0.6) is 5.75 Å². The third kappa shape index (κ3) is 2.64. The molecule has 3 nitrogen and oxygen atoms in total. The first-order valence-electron chi connectivity index (χ1n) is 10.2. The Morgan fingerprint density at radius 1 is 1.11 bits per heavy atom. The normalized spacial score (nSPS) is 28.0. The smallest absolute Gasteiger partial charge is 0.343 e. The van der Waals surface area contributed by atoms with Crippen LogP contribution in [0.1, 0.15) is 60.0 Å². The van der Waals surface area contributed by atoms with Gasteiger partial charge in [-0.1, -0.05) is 42.8 Å². The Morgan fingerprint density at radius 3 is 2.75 bits per heavy atom. The summed E-state index contributed by atoms with van der Waals surface area (Å²) < 4.78 is 5.60. The molecule has 0 aromatic heterocycles. The van der Waals surface area contributed by atoms with E-state index in [4.69, 9.17) is 4.74 Å². The van der Waals surface area contributed by atoms with Gasteiger partial charge in [-0.15, -0.1) is 0 Å². The lowest BCUT2D eigenvalue weighted by Crippen LogP contribution is -2.37. The molecule has 3 aliphatic carbocycles. The van der Waals surface area contributed by atoms with E-state index in [9.17, 15) is 9.59 Å². The van der Waals surface area contributed by atoms with Gasteiger partial charge in [0.1, 0.15) is 11.5 Å².